The van der Waals surface area contributed by atoms with Crippen LogP contribution in [0.2, 0.25) is 5.02 Å². The molecule has 0 spiro atoms. The molecule has 0 atom stereocenters. The molecule has 0 fully saturated rings. The largest absolute Gasteiger partial charge is 0.387 e. The molecule has 0 saturated carbocycles. The molecular formula is C23H20ClN7O. The van der Waals surface area contributed by atoms with Crippen molar-refractivity contribution in [2.75, 3.05) is 0 Å². The Balaban J connectivity index is 1.47. The lowest BCUT2D eigenvalue weighted by atomic mass is 10.2. The Kier molecular flexibility index (Phi) is 5.07. The highest BCUT2D eigenvalue weighted by molar-refractivity contribution is 6.30. The highest BCUT2D eigenvalue weighted by Crippen LogP contribution is 2.29. The first-order chi connectivity index (χ1) is 15.5. The maximum absolute atomic E-state index is 5.89. The number of benzene rings is 1. The third-order valence-electron chi connectivity index (χ3n) is 5.35. The molecule has 160 valence electrons. The first kappa shape index (κ1) is 20.1. The summed E-state index contributed by atoms with van der Waals surface area (Å²) < 4.78 is 3.73. The van der Waals surface area contributed by atoms with Crippen LogP contribution in [0.3, 0.4) is 0 Å². The van der Waals surface area contributed by atoms with Crippen LogP contribution in [0.25, 0.3) is 22.5 Å². The summed E-state index contributed by atoms with van der Waals surface area (Å²) in [5.41, 5.74) is 5.69. The molecule has 0 aliphatic heterocycles. The molecule has 0 unspecified atom stereocenters. The van der Waals surface area contributed by atoms with Crippen LogP contribution in [-0.4, -0.2) is 35.3 Å². The fraction of sp³-hybridized carbons (Fsp3) is 0.174. The minimum absolute atomic E-state index is 0.144. The van der Waals surface area contributed by atoms with Gasteiger partial charge in [-0.15, -0.1) is 5.10 Å². The monoisotopic (exact) mass is 445 g/mol. The van der Waals surface area contributed by atoms with Crippen molar-refractivity contribution in [2.45, 2.75) is 27.4 Å². The zero-order chi connectivity index (χ0) is 22.2. The maximum Gasteiger partial charge on any atom is 0.192 e. The van der Waals surface area contributed by atoms with Gasteiger partial charge in [-0.1, -0.05) is 28.9 Å². The van der Waals surface area contributed by atoms with Crippen molar-refractivity contribution < 1.29 is 4.84 Å². The molecule has 0 bridgehead atoms. The Bertz CT molecular complexity index is 1470. The average molecular weight is 446 g/mol. The van der Waals surface area contributed by atoms with E-state index in [1.807, 2.05) is 31.2 Å². The maximum atomic E-state index is 5.89. The Morgan fingerprint density at radius 1 is 1.06 bits per heavy atom. The third-order valence-corrected chi connectivity index (χ3v) is 5.60. The van der Waals surface area contributed by atoms with Crippen LogP contribution in [0, 0.1) is 20.8 Å². The molecule has 8 nitrogen and oxygen atoms in total. The van der Waals surface area contributed by atoms with Gasteiger partial charge in [0.05, 0.1) is 11.6 Å². The van der Waals surface area contributed by atoms with Crippen LogP contribution in [0.15, 0.2) is 54.1 Å². The van der Waals surface area contributed by atoms with Crippen LogP contribution >= 0.6 is 11.6 Å². The van der Waals surface area contributed by atoms with E-state index in [0.29, 0.717) is 10.8 Å². The van der Waals surface area contributed by atoms with Crippen molar-refractivity contribution in [3.05, 3.63) is 82.2 Å². The standard InChI is InChI=1S/C23H20ClN7O/c1-14-8-9-25-20(10-14)31-16(3)15(2)21-22(31)26-13-30-23(21)28-19(29-30)12-32-27-11-17-4-6-18(24)7-5-17/h4-11,13H,12H2,1-3H3/b27-11-. The molecule has 0 aliphatic rings. The fourth-order valence-corrected chi connectivity index (χ4v) is 3.76. The third kappa shape index (κ3) is 3.58. The van der Waals surface area contributed by atoms with Crippen LogP contribution in [0.5, 0.6) is 0 Å². The highest BCUT2D eigenvalue weighted by atomic mass is 35.5. The molecule has 1 aromatic carbocycles. The summed E-state index contributed by atoms with van der Waals surface area (Å²) in [4.78, 5) is 19.3. The second-order valence-corrected chi connectivity index (χ2v) is 7.97. The van der Waals surface area contributed by atoms with Crippen molar-refractivity contribution in [3.63, 3.8) is 0 Å². The van der Waals surface area contributed by atoms with Crippen molar-refractivity contribution in [1.29, 1.82) is 0 Å². The molecule has 9 heteroatoms. The second kappa shape index (κ2) is 8.05. The Labute approximate surface area is 189 Å². The summed E-state index contributed by atoms with van der Waals surface area (Å²) >= 11 is 5.89. The van der Waals surface area contributed by atoms with E-state index in [4.69, 9.17) is 16.4 Å². The van der Waals surface area contributed by atoms with Crippen molar-refractivity contribution in [3.8, 4) is 5.82 Å². The number of aryl methyl sites for hydroxylation is 2. The van der Waals surface area contributed by atoms with Gasteiger partial charge >= 0.3 is 0 Å². The molecule has 0 aliphatic carbocycles. The molecule has 4 aromatic heterocycles. The molecular weight excluding hydrogens is 426 g/mol. The highest BCUT2D eigenvalue weighted by Gasteiger charge is 2.19. The van der Waals surface area contributed by atoms with E-state index in [-0.39, 0.29) is 6.61 Å². The normalized spacial score (nSPS) is 11.8. The van der Waals surface area contributed by atoms with Gasteiger partial charge in [-0.2, -0.15) is 0 Å². The predicted molar refractivity (Wildman–Crippen MR) is 123 cm³/mol. The minimum Gasteiger partial charge on any atom is -0.387 e. The molecule has 0 amide bonds. The number of oxime groups is 1. The van der Waals surface area contributed by atoms with Gasteiger partial charge in [-0.25, -0.2) is 19.5 Å². The number of hydrogen-bond donors (Lipinski definition) is 0. The van der Waals surface area contributed by atoms with Gasteiger partial charge in [0, 0.05) is 16.9 Å². The zero-order valence-electron chi connectivity index (χ0n) is 17.8. The number of fused-ring (bicyclic) bond motifs is 3. The molecule has 32 heavy (non-hydrogen) atoms. The number of rotatable bonds is 5. The SMILES string of the molecule is Cc1ccnc(-n2c(C)c(C)c3c2ncn2nc(CO/N=C\c4ccc(Cl)cc4)nc32)c1. The first-order valence-electron chi connectivity index (χ1n) is 10.1. The van der Waals surface area contributed by atoms with Crippen molar-refractivity contribution in [1.82, 2.24) is 29.1 Å². The van der Waals surface area contributed by atoms with E-state index >= 15 is 0 Å². The van der Waals surface area contributed by atoms with Gasteiger partial charge in [-0.3, -0.25) is 4.57 Å². The van der Waals surface area contributed by atoms with E-state index < -0.39 is 0 Å². The molecule has 0 N–H and O–H groups in total. The molecule has 5 aromatic rings. The van der Waals surface area contributed by atoms with E-state index in [1.165, 1.54) is 0 Å². The van der Waals surface area contributed by atoms with Gasteiger partial charge in [-0.05, 0) is 61.7 Å². The topological polar surface area (TPSA) is 82.5 Å². The number of nitrogens with zero attached hydrogens (tertiary/aromatic N) is 7. The predicted octanol–water partition coefficient (Wildman–Crippen LogP) is 4.59. The smallest absolute Gasteiger partial charge is 0.192 e. The van der Waals surface area contributed by atoms with Gasteiger partial charge in [0.25, 0.3) is 0 Å². The summed E-state index contributed by atoms with van der Waals surface area (Å²) in [6.45, 7) is 6.31. The lowest BCUT2D eigenvalue weighted by Crippen LogP contribution is -2.01. The van der Waals surface area contributed by atoms with Gasteiger partial charge < -0.3 is 4.84 Å². The number of pyridine rings is 1. The quantitative estimate of drug-likeness (QED) is 0.292. The Hall–Kier alpha value is -3.78. The summed E-state index contributed by atoms with van der Waals surface area (Å²) in [6.07, 6.45) is 5.09. The van der Waals surface area contributed by atoms with E-state index in [9.17, 15) is 0 Å². The number of aromatic nitrogens is 6. The second-order valence-electron chi connectivity index (χ2n) is 7.54. The fourth-order valence-electron chi connectivity index (χ4n) is 3.63. The van der Waals surface area contributed by atoms with Crippen molar-refractivity contribution >= 4 is 34.5 Å². The molecule has 0 saturated heterocycles. The van der Waals surface area contributed by atoms with Gasteiger partial charge in [0.1, 0.15) is 12.1 Å². The molecule has 0 radical (unpaired) electrons. The Morgan fingerprint density at radius 3 is 2.66 bits per heavy atom. The lowest BCUT2D eigenvalue weighted by molar-refractivity contribution is 0.126. The number of hydrogen-bond acceptors (Lipinski definition) is 6. The van der Waals surface area contributed by atoms with Crippen LogP contribution in [0.4, 0.5) is 0 Å². The number of halogens is 1. The van der Waals surface area contributed by atoms with E-state index in [0.717, 1.165) is 44.9 Å². The first-order valence-corrected chi connectivity index (χ1v) is 10.4. The lowest BCUT2D eigenvalue weighted by Gasteiger charge is -2.07. The summed E-state index contributed by atoms with van der Waals surface area (Å²) in [5.74, 6) is 1.35. The molecule has 5 rings (SSSR count). The summed E-state index contributed by atoms with van der Waals surface area (Å²) in [5, 5.41) is 10.1. The average Bonchev–Trinajstić information content (AvgIpc) is 3.31. The van der Waals surface area contributed by atoms with Gasteiger partial charge in [0.2, 0.25) is 0 Å². The van der Waals surface area contributed by atoms with Crippen molar-refractivity contribution in [2.24, 2.45) is 5.16 Å². The van der Waals surface area contributed by atoms with Gasteiger partial charge in [0.15, 0.2) is 23.7 Å². The summed E-state index contributed by atoms with van der Waals surface area (Å²) in [6, 6.07) is 11.3. The summed E-state index contributed by atoms with van der Waals surface area (Å²) in [7, 11) is 0. The van der Waals surface area contributed by atoms with Crippen LogP contribution in [-0.2, 0) is 11.4 Å². The van der Waals surface area contributed by atoms with Crippen LogP contribution in [0.1, 0.15) is 28.2 Å². The van der Waals surface area contributed by atoms with E-state index in [1.54, 1.807) is 35.4 Å². The zero-order valence-corrected chi connectivity index (χ0v) is 18.6. The minimum atomic E-state index is 0.144. The van der Waals surface area contributed by atoms with E-state index in [2.05, 4.69) is 43.6 Å². The molecule has 4 heterocycles. The Morgan fingerprint density at radius 2 is 1.88 bits per heavy atom. The van der Waals surface area contributed by atoms with Crippen LogP contribution < -0.4 is 0 Å².